The monoisotopic (exact) mass is 475 g/mol. The molecular weight excluding hydrogens is 444 g/mol. The number of nitrogens with one attached hydrogen (secondary N) is 3. The molecule has 1 aromatic carbocycles. The zero-order valence-corrected chi connectivity index (χ0v) is 18.3. The van der Waals surface area contributed by atoms with E-state index in [-0.39, 0.29) is 29.8 Å². The van der Waals surface area contributed by atoms with Crippen LogP contribution in [0, 0.1) is 5.82 Å². The lowest BCUT2D eigenvalue weighted by Crippen LogP contribution is -2.39. The Morgan fingerprint density at radius 3 is 2.62 bits per heavy atom. The van der Waals surface area contributed by atoms with Crippen LogP contribution in [-0.4, -0.2) is 55.6 Å². The highest BCUT2D eigenvalue weighted by atomic mass is 127. The Hall–Kier alpha value is -1.35. The first-order chi connectivity index (χ1) is 12.2. The number of rotatable bonds is 9. The van der Waals surface area contributed by atoms with E-state index in [1.807, 2.05) is 6.20 Å². The number of benzene rings is 1. The number of hydrogen-bond acceptors (Lipinski definition) is 2. The third-order valence-electron chi connectivity index (χ3n) is 4.48. The fourth-order valence-corrected chi connectivity index (χ4v) is 2.94. The minimum absolute atomic E-state index is 0. The molecule has 2 rings (SSSR count). The first kappa shape index (κ1) is 22.7. The van der Waals surface area contributed by atoms with Crippen molar-refractivity contribution in [1.82, 2.24) is 20.5 Å². The predicted molar refractivity (Wildman–Crippen MR) is 119 cm³/mol. The average Bonchev–Trinajstić information content (AvgIpc) is 3.02. The van der Waals surface area contributed by atoms with Crippen molar-refractivity contribution < 1.29 is 4.39 Å². The molecule has 5 nitrogen and oxygen atoms in total. The molecule has 0 atom stereocenters. The summed E-state index contributed by atoms with van der Waals surface area (Å²) < 4.78 is 13.4. The minimum Gasteiger partial charge on any atom is -0.361 e. The van der Waals surface area contributed by atoms with Crippen LogP contribution in [0.3, 0.4) is 0 Å². The molecule has 0 radical (unpaired) electrons. The number of guanidine groups is 1. The lowest BCUT2D eigenvalue weighted by molar-refractivity contribution is 0.300. The van der Waals surface area contributed by atoms with Crippen molar-refractivity contribution in [2.24, 2.45) is 4.99 Å². The standard InChI is InChI=1S/C19H30FN5.HI/c1-4-25(5-2)12-6-10-22-19(21-3)23-11-9-15-14-24-18-8-7-16(20)13-17(15)18;/h7-8,13-14,24H,4-6,9-12H2,1-3H3,(H2,21,22,23);1H. The quantitative estimate of drug-likeness (QED) is 0.226. The maximum absolute atomic E-state index is 13.4. The molecule has 0 aliphatic carbocycles. The molecule has 2 aromatic rings. The summed E-state index contributed by atoms with van der Waals surface area (Å²) in [7, 11) is 1.78. The molecule has 0 spiro atoms. The molecule has 1 aromatic heterocycles. The molecule has 146 valence electrons. The Bertz CT molecular complexity index is 682. The van der Waals surface area contributed by atoms with Crippen LogP contribution in [0.5, 0.6) is 0 Å². The molecule has 0 saturated carbocycles. The van der Waals surface area contributed by atoms with Crippen molar-refractivity contribution in [3.8, 4) is 0 Å². The number of nitrogens with zero attached hydrogens (tertiary/aromatic N) is 2. The van der Waals surface area contributed by atoms with Crippen LogP contribution in [0.4, 0.5) is 4.39 Å². The number of halogens is 2. The molecule has 0 amide bonds. The highest BCUT2D eigenvalue weighted by molar-refractivity contribution is 14.0. The largest absolute Gasteiger partial charge is 0.361 e. The van der Waals surface area contributed by atoms with E-state index < -0.39 is 0 Å². The highest BCUT2D eigenvalue weighted by Crippen LogP contribution is 2.19. The summed E-state index contributed by atoms with van der Waals surface area (Å²) in [6.45, 7) is 9.30. The zero-order valence-electron chi connectivity index (χ0n) is 15.9. The highest BCUT2D eigenvalue weighted by Gasteiger charge is 2.05. The van der Waals surface area contributed by atoms with Gasteiger partial charge < -0.3 is 20.5 Å². The zero-order chi connectivity index (χ0) is 18.1. The topological polar surface area (TPSA) is 55.4 Å². The number of fused-ring (bicyclic) bond motifs is 1. The van der Waals surface area contributed by atoms with Gasteiger partial charge in [-0.3, -0.25) is 4.99 Å². The van der Waals surface area contributed by atoms with E-state index in [2.05, 4.69) is 39.4 Å². The first-order valence-electron chi connectivity index (χ1n) is 9.10. The molecule has 26 heavy (non-hydrogen) atoms. The Morgan fingerprint density at radius 1 is 1.19 bits per heavy atom. The predicted octanol–water partition coefficient (Wildman–Crippen LogP) is 3.36. The molecule has 0 fully saturated rings. The second kappa shape index (κ2) is 12.1. The Balaban J connectivity index is 0.00000338. The Kier molecular flexibility index (Phi) is 10.6. The summed E-state index contributed by atoms with van der Waals surface area (Å²) in [4.78, 5) is 9.85. The number of hydrogen-bond donors (Lipinski definition) is 3. The molecular formula is C19H31FIN5. The van der Waals surface area contributed by atoms with Crippen molar-refractivity contribution >= 4 is 40.8 Å². The second-order valence-electron chi connectivity index (χ2n) is 6.06. The van der Waals surface area contributed by atoms with Crippen molar-refractivity contribution in [3.63, 3.8) is 0 Å². The van der Waals surface area contributed by atoms with Crippen LogP contribution < -0.4 is 10.6 Å². The van der Waals surface area contributed by atoms with Crippen LogP contribution in [0.2, 0.25) is 0 Å². The molecule has 0 unspecified atom stereocenters. The van der Waals surface area contributed by atoms with Gasteiger partial charge in [-0.25, -0.2) is 4.39 Å². The Morgan fingerprint density at radius 2 is 1.92 bits per heavy atom. The van der Waals surface area contributed by atoms with E-state index in [9.17, 15) is 4.39 Å². The van der Waals surface area contributed by atoms with Crippen molar-refractivity contribution in [2.45, 2.75) is 26.7 Å². The minimum atomic E-state index is -0.202. The summed E-state index contributed by atoms with van der Waals surface area (Å²) in [6.07, 6.45) is 3.85. The van der Waals surface area contributed by atoms with E-state index >= 15 is 0 Å². The van der Waals surface area contributed by atoms with Crippen LogP contribution in [0.15, 0.2) is 29.4 Å². The summed E-state index contributed by atoms with van der Waals surface area (Å²) in [5, 5.41) is 7.61. The lowest BCUT2D eigenvalue weighted by Gasteiger charge is -2.18. The van der Waals surface area contributed by atoms with Gasteiger partial charge in [0.05, 0.1) is 0 Å². The molecule has 1 heterocycles. The van der Waals surface area contributed by atoms with Gasteiger partial charge in [0.25, 0.3) is 0 Å². The molecule has 7 heteroatoms. The van der Waals surface area contributed by atoms with Crippen LogP contribution >= 0.6 is 24.0 Å². The average molecular weight is 475 g/mol. The summed E-state index contributed by atoms with van der Waals surface area (Å²) in [5.41, 5.74) is 2.08. The molecule has 3 N–H and O–H groups in total. The van der Waals surface area contributed by atoms with E-state index in [1.54, 1.807) is 19.2 Å². The fraction of sp³-hybridized carbons (Fsp3) is 0.526. The van der Waals surface area contributed by atoms with Crippen LogP contribution in [0.25, 0.3) is 10.9 Å². The van der Waals surface area contributed by atoms with Gasteiger partial charge in [-0.15, -0.1) is 24.0 Å². The summed E-state index contributed by atoms with van der Waals surface area (Å²) in [6, 6.07) is 4.84. The summed E-state index contributed by atoms with van der Waals surface area (Å²) in [5.74, 6) is 0.609. The van der Waals surface area contributed by atoms with E-state index in [0.29, 0.717) is 0 Å². The van der Waals surface area contributed by atoms with Gasteiger partial charge in [0.1, 0.15) is 5.82 Å². The smallest absolute Gasteiger partial charge is 0.190 e. The van der Waals surface area contributed by atoms with Crippen LogP contribution in [-0.2, 0) is 6.42 Å². The maximum Gasteiger partial charge on any atom is 0.190 e. The second-order valence-corrected chi connectivity index (χ2v) is 6.06. The van der Waals surface area contributed by atoms with E-state index in [4.69, 9.17) is 0 Å². The van der Waals surface area contributed by atoms with E-state index in [1.165, 1.54) is 6.07 Å². The van der Waals surface area contributed by atoms with Gasteiger partial charge in [-0.05, 0) is 56.2 Å². The number of H-pyrrole nitrogens is 1. The summed E-state index contributed by atoms with van der Waals surface area (Å²) >= 11 is 0. The molecule has 0 bridgehead atoms. The van der Waals surface area contributed by atoms with Crippen molar-refractivity contribution in [2.75, 3.05) is 39.8 Å². The van der Waals surface area contributed by atoms with Gasteiger partial charge in [0.2, 0.25) is 0 Å². The molecule has 0 aliphatic heterocycles. The first-order valence-corrected chi connectivity index (χ1v) is 9.10. The van der Waals surface area contributed by atoms with Gasteiger partial charge >= 0.3 is 0 Å². The number of aromatic amines is 1. The molecule has 0 saturated heterocycles. The Labute approximate surface area is 172 Å². The lowest BCUT2D eigenvalue weighted by atomic mass is 10.1. The third-order valence-corrected chi connectivity index (χ3v) is 4.48. The van der Waals surface area contributed by atoms with Gasteiger partial charge in [-0.1, -0.05) is 13.8 Å². The van der Waals surface area contributed by atoms with Gasteiger partial charge in [0, 0.05) is 37.2 Å². The van der Waals surface area contributed by atoms with Gasteiger partial charge in [0.15, 0.2) is 5.96 Å². The van der Waals surface area contributed by atoms with Crippen LogP contribution in [0.1, 0.15) is 25.8 Å². The number of aromatic nitrogens is 1. The SMILES string of the molecule is CCN(CC)CCCNC(=NC)NCCc1c[nH]c2ccc(F)cc12.I. The van der Waals surface area contributed by atoms with E-state index in [0.717, 1.165) is 68.0 Å². The number of aliphatic imine (C=N–C) groups is 1. The molecule has 0 aliphatic rings. The normalized spacial score (nSPS) is 11.7. The fourth-order valence-electron chi connectivity index (χ4n) is 2.94. The van der Waals surface area contributed by atoms with Gasteiger partial charge in [-0.2, -0.15) is 0 Å². The van der Waals surface area contributed by atoms with Crippen molar-refractivity contribution in [3.05, 3.63) is 35.8 Å². The maximum atomic E-state index is 13.4. The van der Waals surface area contributed by atoms with Crippen molar-refractivity contribution in [1.29, 1.82) is 0 Å². The third kappa shape index (κ3) is 6.75.